The van der Waals surface area contributed by atoms with Gasteiger partial charge in [-0.2, -0.15) is 0 Å². The number of hydrogen-bond acceptors (Lipinski definition) is 6. The van der Waals surface area contributed by atoms with E-state index in [4.69, 9.17) is 13.2 Å². The fraction of sp³-hybridized carbons (Fsp3) is 0.707. The molecule has 282 valence electrons. The summed E-state index contributed by atoms with van der Waals surface area (Å²) in [5, 5.41) is 0. The van der Waals surface area contributed by atoms with E-state index in [2.05, 4.69) is 56.0 Å². The molecule has 2 aromatic rings. The molecule has 0 spiro atoms. The Kier molecular flexibility index (Phi) is 67.5. The second-order valence-corrected chi connectivity index (χ2v) is 8.82. The monoisotopic (exact) mass is 832 g/mol. The molecule has 2 radical (unpaired) electrons. The van der Waals surface area contributed by atoms with Crippen molar-refractivity contribution in [3.05, 3.63) is 54.0 Å². The van der Waals surface area contributed by atoms with E-state index >= 15 is 0 Å². The summed E-state index contributed by atoms with van der Waals surface area (Å²) >= 11 is 0. The molecule has 4 heterocycles. The summed E-state index contributed by atoms with van der Waals surface area (Å²) in [6, 6.07) is 0. The topological polar surface area (TPSA) is 58.0 Å². The van der Waals surface area contributed by atoms with Crippen LogP contribution in [0.4, 0.5) is 5.82 Å². The van der Waals surface area contributed by atoms with Gasteiger partial charge in [0.25, 0.3) is 0 Å². The Labute approximate surface area is 358 Å². The first-order chi connectivity index (χ1) is 23.1. The Bertz CT molecular complexity index is 913. The molecule has 49 heavy (non-hydrogen) atoms. The van der Waals surface area contributed by atoms with E-state index in [9.17, 15) is 0 Å². The number of likely N-dealkylation sites (tertiary alicyclic amines) is 1. The zero-order valence-electron chi connectivity index (χ0n) is 35.3. The predicted octanol–water partition coefficient (Wildman–Crippen LogP) is 11.5. The average molecular weight is 833 g/mol. The van der Waals surface area contributed by atoms with E-state index in [0.29, 0.717) is 0 Å². The predicted molar refractivity (Wildman–Crippen MR) is 213 cm³/mol. The molecule has 4 rings (SSSR count). The number of aromatic nitrogens is 4. The van der Waals surface area contributed by atoms with Crippen molar-refractivity contribution in [2.75, 3.05) is 37.6 Å². The van der Waals surface area contributed by atoms with Crippen LogP contribution in [0.25, 0.3) is 12.2 Å². The van der Waals surface area contributed by atoms with Crippen LogP contribution in [0.5, 0.6) is 0 Å². The van der Waals surface area contributed by atoms with Crippen LogP contribution in [0.15, 0.2) is 0 Å². The number of rotatable bonds is 6. The van der Waals surface area contributed by atoms with Crippen LogP contribution in [0.1, 0.15) is 171 Å². The van der Waals surface area contributed by atoms with Gasteiger partial charge in [-0.15, -0.1) is 18.1 Å². The summed E-state index contributed by atoms with van der Waals surface area (Å²) in [5.41, 5.74) is 2.49. The van der Waals surface area contributed by atoms with Crippen LogP contribution in [0.2, 0.25) is 0 Å². The van der Waals surface area contributed by atoms with Crippen LogP contribution in [0.3, 0.4) is 0 Å². The Hall–Kier alpha value is -0.392. The molecule has 0 aliphatic carbocycles. The molecule has 0 aromatic carbocycles. The largest absolute Gasteiger partial charge is 0.410 e. The average Bonchev–Trinajstić information content (AvgIpc) is 3.20. The van der Waals surface area contributed by atoms with Gasteiger partial charge in [-0.25, -0.2) is 5.56 Å². The van der Waals surface area contributed by atoms with Crippen molar-refractivity contribution in [2.45, 2.75) is 162 Å². The Morgan fingerprint density at radius 1 is 0.571 bits per heavy atom. The van der Waals surface area contributed by atoms with Gasteiger partial charge in [-0.1, -0.05) is 117 Å². The minimum absolute atomic E-state index is 0. The third-order valence-corrected chi connectivity index (χ3v) is 6.29. The van der Waals surface area contributed by atoms with E-state index < -0.39 is 0 Å². The molecule has 2 fully saturated rings. The molecule has 2 aliphatic rings. The zero-order chi connectivity index (χ0) is 37.5. The van der Waals surface area contributed by atoms with Crippen molar-refractivity contribution in [3.63, 3.8) is 0 Å². The number of piperidine rings is 2. The third kappa shape index (κ3) is 32.0. The molecule has 0 saturated carbocycles. The summed E-state index contributed by atoms with van der Waals surface area (Å²) in [5.74, 6) is 2.60. The van der Waals surface area contributed by atoms with Crippen LogP contribution in [-0.2, 0) is 78.3 Å². The van der Waals surface area contributed by atoms with Crippen molar-refractivity contribution in [1.29, 1.82) is 0 Å². The fourth-order valence-corrected chi connectivity index (χ4v) is 4.07. The first-order valence-electron chi connectivity index (χ1n) is 19.2. The summed E-state index contributed by atoms with van der Waals surface area (Å²) in [6.45, 7) is 49.2. The summed E-state index contributed by atoms with van der Waals surface area (Å²) in [4.78, 5) is 21.7. The molecule has 8 heteroatoms. The molecular formula is C41H78N6Y2-4. The van der Waals surface area contributed by atoms with Crippen molar-refractivity contribution < 1.29 is 65.4 Å². The summed E-state index contributed by atoms with van der Waals surface area (Å²) in [6.07, 6.45) is 18.5. The minimum Gasteiger partial charge on any atom is -0.410 e. The molecule has 0 unspecified atom stereocenters. The Morgan fingerprint density at radius 3 is 1.27 bits per heavy atom. The maximum Gasteiger partial charge on any atom is 0.0416 e. The zero-order valence-corrected chi connectivity index (χ0v) is 41.0. The number of anilines is 1. The maximum atomic E-state index is 5.59. The Balaban J connectivity index is -0.0000000947. The van der Waals surface area contributed by atoms with Crippen LogP contribution in [-0.4, -0.2) is 57.6 Å². The Morgan fingerprint density at radius 2 is 0.939 bits per heavy atom. The molecule has 6 nitrogen and oxygen atoms in total. The van der Waals surface area contributed by atoms with E-state index in [0.717, 1.165) is 60.2 Å². The van der Waals surface area contributed by atoms with E-state index in [1.807, 2.05) is 96.9 Å². The van der Waals surface area contributed by atoms with Gasteiger partial charge >= 0.3 is 0 Å². The van der Waals surface area contributed by atoms with Gasteiger partial charge in [0, 0.05) is 90.2 Å². The summed E-state index contributed by atoms with van der Waals surface area (Å²) < 4.78 is 0. The number of nitrogens with zero attached hydrogens (tertiary/aromatic N) is 6. The third-order valence-electron chi connectivity index (χ3n) is 6.29. The molecule has 2 aliphatic heterocycles. The van der Waals surface area contributed by atoms with Crippen LogP contribution < -0.4 is 4.90 Å². The molecule has 2 aromatic heterocycles. The van der Waals surface area contributed by atoms with Gasteiger partial charge < -0.3 is 55.0 Å². The second-order valence-electron chi connectivity index (χ2n) is 8.82. The van der Waals surface area contributed by atoms with Crippen molar-refractivity contribution in [3.8, 4) is 0 Å². The smallest absolute Gasteiger partial charge is 0.0416 e. The van der Waals surface area contributed by atoms with E-state index in [1.54, 1.807) is 6.08 Å². The second kappa shape index (κ2) is 52.0. The molecule has 2 saturated heterocycles. The van der Waals surface area contributed by atoms with Crippen LogP contribution in [0, 0.1) is 32.5 Å². The van der Waals surface area contributed by atoms with Gasteiger partial charge in [0.15, 0.2) is 0 Å². The fourth-order valence-electron chi connectivity index (χ4n) is 4.07. The van der Waals surface area contributed by atoms with Gasteiger partial charge in [0.2, 0.25) is 0 Å². The quantitative estimate of drug-likeness (QED) is 0.270. The maximum absolute atomic E-state index is 5.59. The SMILES string of the molecule is CC.CC.CC.CC.CC.CC.CCN1CCCCC1.[CH-]=Cc1[c-]nc(CC)nc1C.[CH-]=Cc1[c-]nc(CC)nc1N1CCCCC1.[Y].[Y]. The van der Waals surface area contributed by atoms with Gasteiger partial charge in [0.05, 0.1) is 0 Å². The standard InChI is InChI=1S/C13H17N3.C9H10N2.C7H15N.6C2H6.2Y/c1-3-11-10-14-12(4-2)15-13(11)16-8-6-5-7-9-16;1-4-8-6-10-9(5-2)11-7(8)3;1-2-8-6-4-3-5-7-8;6*1-2;;/h1,3H,4-9H2,2H3;1,4H,5H2,2-3H3;2-7H2,1H3;6*1-2H3;;/q2*-2;;;;;;;;;. The van der Waals surface area contributed by atoms with Gasteiger partial charge in [-0.3, -0.25) is 5.56 Å². The summed E-state index contributed by atoms with van der Waals surface area (Å²) in [7, 11) is 0. The van der Waals surface area contributed by atoms with Crippen LogP contribution >= 0.6 is 0 Å². The number of aryl methyl sites for hydroxylation is 3. The van der Waals surface area contributed by atoms with Crippen molar-refractivity contribution >= 4 is 18.0 Å². The molecule has 0 N–H and O–H groups in total. The number of hydrogen-bond donors (Lipinski definition) is 0. The van der Waals surface area contributed by atoms with Gasteiger partial charge in [0.1, 0.15) is 0 Å². The van der Waals surface area contributed by atoms with Gasteiger partial charge in [-0.05, 0) is 70.4 Å². The molecule has 0 amide bonds. The van der Waals surface area contributed by atoms with Crippen molar-refractivity contribution in [2.24, 2.45) is 0 Å². The molecule has 0 bridgehead atoms. The van der Waals surface area contributed by atoms with E-state index in [1.165, 1.54) is 64.2 Å². The van der Waals surface area contributed by atoms with Crippen molar-refractivity contribution in [1.82, 2.24) is 24.8 Å². The molecular weight excluding hydrogens is 754 g/mol. The first-order valence-corrected chi connectivity index (χ1v) is 19.2. The normalized spacial score (nSPS) is 12.0. The first kappa shape index (κ1) is 63.6. The van der Waals surface area contributed by atoms with E-state index in [-0.39, 0.29) is 65.4 Å². The molecule has 0 atom stereocenters. The minimum atomic E-state index is 0.